The molecule has 0 amide bonds. The minimum absolute atomic E-state index is 0.828. The molecule has 0 N–H and O–H groups in total. The zero-order valence-corrected chi connectivity index (χ0v) is 6.35. The molecule has 3 unspecified atom stereocenters. The summed E-state index contributed by atoms with van der Waals surface area (Å²) in [6, 6.07) is 0. The van der Waals surface area contributed by atoms with Crippen molar-refractivity contribution in [3.8, 4) is 0 Å². The Hall–Kier alpha value is -0.0700. The van der Waals surface area contributed by atoms with Crippen molar-refractivity contribution in [3.05, 3.63) is 0 Å². The average Bonchev–Trinajstić information content (AvgIpc) is 2.12. The molecule has 0 saturated carbocycles. The molecule has 1 aliphatic rings. The zero-order valence-electron chi connectivity index (χ0n) is 5.54. The fourth-order valence-corrected chi connectivity index (χ4v) is 1.80. The van der Waals surface area contributed by atoms with Crippen LogP contribution in [0.3, 0.4) is 0 Å². The maximum absolute atomic E-state index is 12.7. The van der Waals surface area contributed by atoms with Crippen LogP contribution in [0.1, 0.15) is 0 Å². The zero-order chi connectivity index (χ0) is 9.57. The van der Waals surface area contributed by atoms with E-state index in [2.05, 4.69) is 0 Å². The van der Waals surface area contributed by atoms with E-state index in [0.717, 1.165) is 0 Å². The molecule has 7 heteroatoms. The highest BCUT2D eigenvalue weighted by Gasteiger charge is 2.70. The Morgan fingerprint density at radius 2 is 1.67 bits per heavy atom. The van der Waals surface area contributed by atoms with Gasteiger partial charge in [0.1, 0.15) is 6.67 Å². The van der Waals surface area contributed by atoms with Gasteiger partial charge in [0, 0.05) is 0 Å². The predicted octanol–water partition coefficient (Wildman–Crippen LogP) is 2.64. The lowest BCUT2D eigenvalue weighted by atomic mass is 10.0. The first-order valence-electron chi connectivity index (χ1n) is 2.94. The van der Waals surface area contributed by atoms with Crippen molar-refractivity contribution in [1.82, 2.24) is 0 Å². The van der Waals surface area contributed by atoms with Gasteiger partial charge in [0.2, 0.25) is 5.67 Å². The van der Waals surface area contributed by atoms with E-state index in [0.29, 0.717) is 0 Å². The van der Waals surface area contributed by atoms with Crippen LogP contribution in [-0.2, 0) is 0 Å². The third-order valence-corrected chi connectivity index (χ3v) is 2.71. The molecule has 1 rings (SSSR count). The van der Waals surface area contributed by atoms with Gasteiger partial charge in [-0.2, -0.15) is 8.78 Å². The Kier molecular flexibility index (Phi) is 2.26. The van der Waals surface area contributed by atoms with E-state index < -0.39 is 41.0 Å². The van der Waals surface area contributed by atoms with E-state index in [4.69, 9.17) is 0 Å². The van der Waals surface area contributed by atoms with E-state index in [-0.39, 0.29) is 0 Å². The highest BCUT2D eigenvalue weighted by Crippen LogP contribution is 2.56. The summed E-state index contributed by atoms with van der Waals surface area (Å²) >= 11 is -0.828. The molecule has 0 aliphatic carbocycles. The highest BCUT2D eigenvalue weighted by atomic mass is 32.2. The average molecular weight is 210 g/mol. The summed E-state index contributed by atoms with van der Waals surface area (Å²) in [5.41, 5.74) is -6.72. The SMILES string of the molecule is FCC1(F)C(F)C(F)SC1(F)F. The molecule has 0 aromatic heterocycles. The van der Waals surface area contributed by atoms with Gasteiger partial charge in [-0.3, -0.25) is 0 Å². The molecule has 0 aromatic rings. The smallest absolute Gasteiger partial charge is 0.247 e. The van der Waals surface area contributed by atoms with E-state index in [1.165, 1.54) is 0 Å². The quantitative estimate of drug-likeness (QED) is 0.599. The molecule has 1 heterocycles. The number of alkyl halides is 6. The minimum atomic E-state index is -4.33. The van der Waals surface area contributed by atoms with Crippen molar-refractivity contribution >= 4 is 11.8 Å². The topological polar surface area (TPSA) is 0 Å². The molecule has 1 saturated heterocycles. The van der Waals surface area contributed by atoms with Gasteiger partial charge in [0.25, 0.3) is 0 Å². The van der Waals surface area contributed by atoms with Gasteiger partial charge in [-0.15, -0.1) is 0 Å². The first kappa shape index (κ1) is 10.0. The molecular weight excluding hydrogens is 206 g/mol. The maximum Gasteiger partial charge on any atom is 0.335 e. The van der Waals surface area contributed by atoms with Gasteiger partial charge in [0.15, 0.2) is 11.7 Å². The number of hydrogen-bond acceptors (Lipinski definition) is 1. The van der Waals surface area contributed by atoms with Gasteiger partial charge in [0.05, 0.1) is 0 Å². The van der Waals surface area contributed by atoms with Crippen LogP contribution in [0.15, 0.2) is 0 Å². The summed E-state index contributed by atoms with van der Waals surface area (Å²) in [6.45, 7) is -2.23. The molecule has 1 fully saturated rings. The van der Waals surface area contributed by atoms with E-state index in [1.807, 2.05) is 0 Å². The Labute approximate surface area is 68.3 Å². The lowest BCUT2D eigenvalue weighted by Crippen LogP contribution is -2.47. The molecule has 0 spiro atoms. The first-order valence-corrected chi connectivity index (χ1v) is 3.82. The van der Waals surface area contributed by atoms with Crippen LogP contribution in [-0.4, -0.2) is 29.3 Å². The van der Waals surface area contributed by atoms with Gasteiger partial charge in [-0.05, 0) is 11.8 Å². The number of halogens is 6. The Morgan fingerprint density at radius 1 is 1.17 bits per heavy atom. The van der Waals surface area contributed by atoms with Crippen LogP contribution in [0.5, 0.6) is 0 Å². The van der Waals surface area contributed by atoms with Crippen molar-refractivity contribution in [2.24, 2.45) is 0 Å². The van der Waals surface area contributed by atoms with Gasteiger partial charge in [-0.25, -0.2) is 17.6 Å². The third-order valence-electron chi connectivity index (χ3n) is 1.61. The lowest BCUT2D eigenvalue weighted by molar-refractivity contribution is -0.109. The van der Waals surface area contributed by atoms with Crippen molar-refractivity contribution < 1.29 is 26.3 Å². The summed E-state index contributed by atoms with van der Waals surface area (Å²) in [7, 11) is 0. The largest absolute Gasteiger partial charge is 0.335 e. The Bertz CT molecular complexity index is 185. The lowest BCUT2D eigenvalue weighted by Gasteiger charge is -2.23. The molecule has 1 aliphatic heterocycles. The van der Waals surface area contributed by atoms with Crippen LogP contribution < -0.4 is 0 Å². The first-order chi connectivity index (χ1) is 5.35. The molecule has 0 bridgehead atoms. The van der Waals surface area contributed by atoms with Crippen molar-refractivity contribution in [2.45, 2.75) is 22.6 Å². The van der Waals surface area contributed by atoms with Crippen molar-refractivity contribution in [2.75, 3.05) is 6.67 Å². The van der Waals surface area contributed by atoms with E-state index in [1.54, 1.807) is 0 Å². The summed E-state index contributed by atoms with van der Waals surface area (Å²) < 4.78 is 73.7. The van der Waals surface area contributed by atoms with E-state index >= 15 is 0 Å². The van der Waals surface area contributed by atoms with Gasteiger partial charge >= 0.3 is 5.25 Å². The molecular formula is C5H4F6S. The van der Waals surface area contributed by atoms with Crippen LogP contribution in [0.25, 0.3) is 0 Å². The standard InChI is InChI=1S/C5H4F6S/c6-1-4(9)2(7)3(8)12-5(4,10)11/h2-3H,1H2. The van der Waals surface area contributed by atoms with Gasteiger partial charge < -0.3 is 0 Å². The summed E-state index contributed by atoms with van der Waals surface area (Å²) in [6.07, 6.45) is -3.11. The van der Waals surface area contributed by atoms with Crippen LogP contribution in [0.4, 0.5) is 26.3 Å². The number of rotatable bonds is 1. The second-order valence-electron chi connectivity index (χ2n) is 2.38. The van der Waals surface area contributed by atoms with Crippen LogP contribution >= 0.6 is 11.8 Å². The Morgan fingerprint density at radius 3 is 1.83 bits per heavy atom. The Balaban J connectivity index is 2.96. The molecule has 12 heavy (non-hydrogen) atoms. The molecule has 0 radical (unpaired) electrons. The fourth-order valence-electron chi connectivity index (χ4n) is 0.819. The van der Waals surface area contributed by atoms with Crippen LogP contribution in [0, 0.1) is 0 Å². The monoisotopic (exact) mass is 210 g/mol. The maximum atomic E-state index is 12.7. The normalized spacial score (nSPS) is 46.5. The second kappa shape index (κ2) is 2.71. The van der Waals surface area contributed by atoms with Crippen LogP contribution in [0.2, 0.25) is 0 Å². The molecule has 3 atom stereocenters. The van der Waals surface area contributed by atoms with Crippen molar-refractivity contribution in [3.63, 3.8) is 0 Å². The second-order valence-corrected chi connectivity index (χ2v) is 3.58. The third kappa shape index (κ3) is 1.09. The fraction of sp³-hybridized carbons (Fsp3) is 1.00. The van der Waals surface area contributed by atoms with E-state index in [9.17, 15) is 26.3 Å². The predicted molar refractivity (Wildman–Crippen MR) is 32.1 cm³/mol. The highest BCUT2D eigenvalue weighted by molar-refractivity contribution is 8.01. The molecule has 72 valence electrons. The number of hydrogen-bond donors (Lipinski definition) is 0. The minimum Gasteiger partial charge on any atom is -0.247 e. The summed E-state index contributed by atoms with van der Waals surface area (Å²) in [5, 5.41) is -4.33. The summed E-state index contributed by atoms with van der Waals surface area (Å²) in [5.74, 6) is 0. The number of thioether (sulfide) groups is 1. The van der Waals surface area contributed by atoms with Gasteiger partial charge in [-0.1, -0.05) is 0 Å². The molecule has 0 aromatic carbocycles. The summed E-state index contributed by atoms with van der Waals surface area (Å²) in [4.78, 5) is 0. The molecule has 0 nitrogen and oxygen atoms in total. The van der Waals surface area contributed by atoms with Crippen molar-refractivity contribution in [1.29, 1.82) is 0 Å².